The fourth-order valence-corrected chi connectivity index (χ4v) is 0.838. The molecule has 0 saturated carbocycles. The molecule has 0 aliphatic heterocycles. The van der Waals surface area contributed by atoms with Gasteiger partial charge in [-0.3, -0.25) is 0 Å². The van der Waals surface area contributed by atoms with Gasteiger partial charge in [0.05, 0.1) is 6.61 Å². The Morgan fingerprint density at radius 2 is 2.23 bits per heavy atom. The zero-order valence-corrected chi connectivity index (χ0v) is 8.03. The van der Waals surface area contributed by atoms with Gasteiger partial charge in [0, 0.05) is 6.08 Å². The lowest BCUT2D eigenvalue weighted by atomic mass is 10.1. The fraction of sp³-hybridized carbons (Fsp3) is 0.364. The number of allylic oxidation sites excluding steroid dienone is 3. The van der Waals surface area contributed by atoms with Crippen molar-refractivity contribution in [1.82, 2.24) is 0 Å². The molecule has 2 heteroatoms. The van der Waals surface area contributed by atoms with Crippen LogP contribution in [0.15, 0.2) is 37.5 Å². The Hall–Kier alpha value is -1.31. The molecule has 0 bridgehead atoms. The average Bonchev–Trinajstić information content (AvgIpc) is 2.12. The highest BCUT2D eigenvalue weighted by atomic mass is 16.5. The predicted octanol–water partition coefficient (Wildman–Crippen LogP) is 2.48. The molecular formula is C11H16O2. The molecule has 72 valence electrons. The lowest BCUT2D eigenvalue weighted by Crippen LogP contribution is -2.00. The van der Waals surface area contributed by atoms with Gasteiger partial charge in [0.25, 0.3) is 0 Å². The van der Waals surface area contributed by atoms with Gasteiger partial charge in [-0.15, -0.1) is 13.2 Å². The summed E-state index contributed by atoms with van der Waals surface area (Å²) in [5, 5.41) is 0. The number of carbonyl (C=O) groups is 1. The summed E-state index contributed by atoms with van der Waals surface area (Å²) in [6.45, 7) is 9.45. The van der Waals surface area contributed by atoms with E-state index in [-0.39, 0.29) is 11.9 Å². The van der Waals surface area contributed by atoms with E-state index < -0.39 is 0 Å². The minimum absolute atomic E-state index is 0.168. The van der Waals surface area contributed by atoms with Crippen molar-refractivity contribution in [3.8, 4) is 0 Å². The summed E-state index contributed by atoms with van der Waals surface area (Å²) in [4.78, 5) is 10.9. The maximum absolute atomic E-state index is 10.9. The smallest absolute Gasteiger partial charge is 0.330 e. The van der Waals surface area contributed by atoms with Crippen LogP contribution in [0, 0.1) is 5.92 Å². The van der Waals surface area contributed by atoms with Crippen LogP contribution in [0.4, 0.5) is 0 Å². The first-order valence-electron chi connectivity index (χ1n) is 4.33. The van der Waals surface area contributed by atoms with Crippen LogP contribution in [0.1, 0.15) is 13.3 Å². The van der Waals surface area contributed by atoms with E-state index in [1.807, 2.05) is 0 Å². The van der Waals surface area contributed by atoms with Crippen molar-refractivity contribution in [2.45, 2.75) is 13.3 Å². The summed E-state index contributed by atoms with van der Waals surface area (Å²) >= 11 is 0. The van der Waals surface area contributed by atoms with Crippen molar-refractivity contribution >= 4 is 5.97 Å². The highest BCUT2D eigenvalue weighted by Crippen LogP contribution is 2.06. The summed E-state index contributed by atoms with van der Waals surface area (Å²) in [5.41, 5.74) is 0. The van der Waals surface area contributed by atoms with Gasteiger partial charge in [-0.1, -0.05) is 18.2 Å². The van der Waals surface area contributed by atoms with E-state index in [9.17, 15) is 4.79 Å². The molecule has 0 fully saturated rings. The van der Waals surface area contributed by atoms with Crippen molar-refractivity contribution in [3.63, 3.8) is 0 Å². The quantitative estimate of drug-likeness (QED) is 0.356. The molecule has 0 saturated heterocycles. The molecule has 0 rings (SSSR count). The molecule has 0 heterocycles. The molecule has 1 atom stereocenters. The maximum Gasteiger partial charge on any atom is 0.330 e. The van der Waals surface area contributed by atoms with Gasteiger partial charge in [-0.25, -0.2) is 4.79 Å². The topological polar surface area (TPSA) is 26.3 Å². The van der Waals surface area contributed by atoms with Gasteiger partial charge in [0.15, 0.2) is 0 Å². The van der Waals surface area contributed by atoms with Crippen molar-refractivity contribution in [2.24, 2.45) is 5.92 Å². The molecule has 0 aromatic carbocycles. The number of ether oxygens (including phenoxy) is 1. The van der Waals surface area contributed by atoms with Gasteiger partial charge in [-0.2, -0.15) is 0 Å². The minimum Gasteiger partial charge on any atom is -0.463 e. The van der Waals surface area contributed by atoms with Crippen molar-refractivity contribution in [2.75, 3.05) is 6.61 Å². The Morgan fingerprint density at radius 3 is 2.69 bits per heavy atom. The summed E-state index contributed by atoms with van der Waals surface area (Å²) in [5.74, 6) is -0.139. The van der Waals surface area contributed by atoms with E-state index in [2.05, 4.69) is 13.2 Å². The summed E-state index contributed by atoms with van der Waals surface area (Å²) in [6.07, 6.45) is 7.56. The zero-order valence-electron chi connectivity index (χ0n) is 8.03. The van der Waals surface area contributed by atoms with Crippen LogP contribution in [0.3, 0.4) is 0 Å². The highest BCUT2D eigenvalue weighted by Gasteiger charge is 1.98. The first-order valence-corrected chi connectivity index (χ1v) is 4.33. The monoisotopic (exact) mass is 180 g/mol. The van der Waals surface area contributed by atoms with Gasteiger partial charge in [0.2, 0.25) is 0 Å². The molecule has 0 aliphatic rings. The third-order valence-corrected chi connectivity index (χ3v) is 1.51. The fourth-order valence-electron chi connectivity index (χ4n) is 0.838. The zero-order chi connectivity index (χ0) is 10.1. The lowest BCUT2D eigenvalue weighted by Gasteiger charge is -2.01. The molecule has 0 amide bonds. The Morgan fingerprint density at radius 1 is 1.54 bits per heavy atom. The second kappa shape index (κ2) is 7.35. The predicted molar refractivity (Wildman–Crippen MR) is 54.3 cm³/mol. The van der Waals surface area contributed by atoms with Gasteiger partial charge < -0.3 is 4.74 Å². The van der Waals surface area contributed by atoms with E-state index in [1.165, 1.54) is 6.08 Å². The molecule has 0 aliphatic carbocycles. The third-order valence-electron chi connectivity index (χ3n) is 1.51. The number of hydrogen-bond acceptors (Lipinski definition) is 2. The molecule has 0 aromatic rings. The van der Waals surface area contributed by atoms with Crippen LogP contribution >= 0.6 is 0 Å². The summed E-state index contributed by atoms with van der Waals surface area (Å²) in [6, 6.07) is 0. The Balaban J connectivity index is 3.97. The van der Waals surface area contributed by atoms with Crippen LogP contribution in [0.25, 0.3) is 0 Å². The normalized spacial score (nSPS) is 12.4. The van der Waals surface area contributed by atoms with Crippen LogP contribution in [0.2, 0.25) is 0 Å². The minimum atomic E-state index is -0.307. The SMILES string of the molecule is C=CCC(C=C)/C=C/C(=O)OCC. The van der Waals surface area contributed by atoms with Crippen LogP contribution in [-0.2, 0) is 9.53 Å². The van der Waals surface area contributed by atoms with E-state index in [1.54, 1.807) is 25.2 Å². The van der Waals surface area contributed by atoms with Crippen LogP contribution < -0.4 is 0 Å². The van der Waals surface area contributed by atoms with E-state index in [4.69, 9.17) is 4.74 Å². The van der Waals surface area contributed by atoms with Crippen LogP contribution in [0.5, 0.6) is 0 Å². The second-order valence-electron chi connectivity index (χ2n) is 2.54. The van der Waals surface area contributed by atoms with E-state index >= 15 is 0 Å². The molecule has 1 unspecified atom stereocenters. The number of rotatable bonds is 6. The first-order chi connectivity index (χ1) is 6.24. The summed E-state index contributed by atoms with van der Waals surface area (Å²) < 4.78 is 4.73. The summed E-state index contributed by atoms with van der Waals surface area (Å²) in [7, 11) is 0. The van der Waals surface area contributed by atoms with Crippen molar-refractivity contribution in [3.05, 3.63) is 37.5 Å². The molecule has 0 N–H and O–H groups in total. The Bertz CT molecular complexity index is 204. The third kappa shape index (κ3) is 5.91. The number of carbonyl (C=O) groups excluding carboxylic acids is 1. The van der Waals surface area contributed by atoms with Gasteiger partial charge in [0.1, 0.15) is 0 Å². The molecule has 13 heavy (non-hydrogen) atoms. The number of esters is 1. The number of hydrogen-bond donors (Lipinski definition) is 0. The molecule has 0 spiro atoms. The lowest BCUT2D eigenvalue weighted by molar-refractivity contribution is -0.137. The standard InChI is InChI=1S/C11H16O2/c1-4-7-10(5-2)8-9-11(12)13-6-3/h4-5,8-10H,1-2,6-7H2,3H3/b9-8+. The van der Waals surface area contributed by atoms with Crippen molar-refractivity contribution in [1.29, 1.82) is 0 Å². The maximum atomic E-state index is 10.9. The Kier molecular flexibility index (Phi) is 6.60. The highest BCUT2D eigenvalue weighted by molar-refractivity contribution is 5.81. The van der Waals surface area contributed by atoms with Crippen LogP contribution in [-0.4, -0.2) is 12.6 Å². The van der Waals surface area contributed by atoms with E-state index in [0.29, 0.717) is 6.61 Å². The van der Waals surface area contributed by atoms with Gasteiger partial charge >= 0.3 is 5.97 Å². The Labute approximate surface area is 79.6 Å². The molecular weight excluding hydrogens is 164 g/mol. The average molecular weight is 180 g/mol. The van der Waals surface area contributed by atoms with Gasteiger partial charge in [-0.05, 0) is 19.3 Å². The second-order valence-corrected chi connectivity index (χ2v) is 2.54. The first kappa shape index (κ1) is 11.7. The molecule has 2 nitrogen and oxygen atoms in total. The van der Waals surface area contributed by atoms with E-state index in [0.717, 1.165) is 6.42 Å². The molecule has 0 aromatic heterocycles. The largest absolute Gasteiger partial charge is 0.463 e. The van der Waals surface area contributed by atoms with Crippen molar-refractivity contribution < 1.29 is 9.53 Å². The molecule has 0 radical (unpaired) electrons.